The maximum Gasteiger partial charge on any atom is 0.338 e. The van der Waals surface area contributed by atoms with E-state index in [0.717, 1.165) is 4.90 Å². The van der Waals surface area contributed by atoms with Crippen molar-refractivity contribution >= 4 is 17.8 Å². The number of amides is 2. The van der Waals surface area contributed by atoms with Gasteiger partial charge in [-0.05, 0) is 35.9 Å². The molecule has 1 aliphatic rings. The van der Waals surface area contributed by atoms with E-state index in [9.17, 15) is 18.8 Å². The van der Waals surface area contributed by atoms with Gasteiger partial charge in [-0.2, -0.15) is 0 Å². The Bertz CT molecular complexity index is 873. The highest BCUT2D eigenvalue weighted by atomic mass is 19.1. The molecular formula is C19H14FNO4. The van der Waals surface area contributed by atoms with Crippen molar-refractivity contribution in [1.82, 2.24) is 4.90 Å². The van der Waals surface area contributed by atoms with Crippen molar-refractivity contribution in [2.45, 2.75) is 6.61 Å². The second-order valence-electron chi connectivity index (χ2n) is 5.47. The molecule has 0 atom stereocenters. The average molecular weight is 339 g/mol. The molecule has 0 bridgehead atoms. The third-order valence-corrected chi connectivity index (χ3v) is 3.80. The predicted octanol–water partition coefficient (Wildman–Crippen LogP) is 2.96. The molecule has 2 aromatic carbocycles. The number of nitrogens with zero attached hydrogens (tertiary/aromatic N) is 1. The number of esters is 1. The minimum Gasteiger partial charge on any atom is -0.457 e. The Balaban J connectivity index is 1.75. The molecule has 25 heavy (non-hydrogen) atoms. The molecule has 5 nitrogen and oxygen atoms in total. The van der Waals surface area contributed by atoms with Crippen LogP contribution < -0.4 is 0 Å². The second-order valence-corrected chi connectivity index (χ2v) is 5.47. The van der Waals surface area contributed by atoms with Gasteiger partial charge in [0.15, 0.2) is 0 Å². The third kappa shape index (κ3) is 3.19. The number of ether oxygens (including phenoxy) is 1. The van der Waals surface area contributed by atoms with Crippen LogP contribution in [0.25, 0.3) is 0 Å². The summed E-state index contributed by atoms with van der Waals surface area (Å²) in [6.07, 6.45) is 1.46. The first-order chi connectivity index (χ1) is 12.0. The molecule has 126 valence electrons. The first kappa shape index (κ1) is 16.6. The van der Waals surface area contributed by atoms with Gasteiger partial charge in [0.05, 0.1) is 16.7 Å². The Morgan fingerprint density at radius 3 is 2.44 bits per heavy atom. The van der Waals surface area contributed by atoms with Crippen molar-refractivity contribution in [1.29, 1.82) is 0 Å². The molecule has 0 unspecified atom stereocenters. The Labute approximate surface area is 143 Å². The van der Waals surface area contributed by atoms with Crippen LogP contribution in [-0.2, 0) is 11.3 Å². The highest BCUT2D eigenvalue weighted by Gasteiger charge is 2.35. The molecule has 0 fully saturated rings. The van der Waals surface area contributed by atoms with Gasteiger partial charge in [0.25, 0.3) is 11.8 Å². The van der Waals surface area contributed by atoms with Crippen molar-refractivity contribution in [2.24, 2.45) is 0 Å². The number of hydrogen-bond acceptors (Lipinski definition) is 4. The Kier molecular flexibility index (Phi) is 4.43. The number of hydrogen-bond donors (Lipinski definition) is 0. The van der Waals surface area contributed by atoms with E-state index < -0.39 is 17.8 Å². The first-order valence-corrected chi connectivity index (χ1v) is 7.54. The minimum atomic E-state index is -0.630. The number of rotatable bonds is 5. The largest absolute Gasteiger partial charge is 0.457 e. The van der Waals surface area contributed by atoms with Crippen molar-refractivity contribution in [3.8, 4) is 0 Å². The average Bonchev–Trinajstić information content (AvgIpc) is 2.86. The van der Waals surface area contributed by atoms with Crippen LogP contribution in [0.4, 0.5) is 4.39 Å². The van der Waals surface area contributed by atoms with E-state index in [4.69, 9.17) is 4.74 Å². The third-order valence-electron chi connectivity index (χ3n) is 3.80. The summed E-state index contributed by atoms with van der Waals surface area (Å²) in [5.41, 5.74) is 1.23. The summed E-state index contributed by atoms with van der Waals surface area (Å²) in [6, 6.07) is 9.81. The van der Waals surface area contributed by atoms with Crippen LogP contribution in [0.1, 0.15) is 36.6 Å². The lowest BCUT2D eigenvalue weighted by Crippen LogP contribution is -2.29. The lowest BCUT2D eigenvalue weighted by Gasteiger charge is -2.09. The minimum absolute atomic E-state index is 0.0222. The molecule has 0 spiro atoms. The summed E-state index contributed by atoms with van der Waals surface area (Å²) in [5.74, 6) is -1.88. The summed E-state index contributed by atoms with van der Waals surface area (Å²) >= 11 is 0. The molecule has 0 aromatic heterocycles. The van der Waals surface area contributed by atoms with E-state index in [0.29, 0.717) is 5.56 Å². The lowest BCUT2D eigenvalue weighted by molar-refractivity contribution is 0.0472. The summed E-state index contributed by atoms with van der Waals surface area (Å²) in [6.45, 7) is 3.60. The van der Waals surface area contributed by atoms with Crippen LogP contribution in [-0.4, -0.2) is 29.2 Å². The molecule has 0 saturated carbocycles. The van der Waals surface area contributed by atoms with Crippen LogP contribution >= 0.6 is 0 Å². The van der Waals surface area contributed by atoms with Gasteiger partial charge in [0.1, 0.15) is 12.4 Å². The van der Waals surface area contributed by atoms with Crippen LogP contribution in [0.5, 0.6) is 0 Å². The molecule has 0 saturated heterocycles. The molecule has 6 heteroatoms. The zero-order chi connectivity index (χ0) is 18.0. The number of carbonyl (C=O) groups excluding carboxylic acids is 3. The predicted molar refractivity (Wildman–Crippen MR) is 87.5 cm³/mol. The zero-order valence-electron chi connectivity index (χ0n) is 13.2. The van der Waals surface area contributed by atoms with Crippen molar-refractivity contribution in [3.63, 3.8) is 0 Å². The number of imide groups is 1. The second kappa shape index (κ2) is 6.68. The molecule has 0 aliphatic carbocycles. The van der Waals surface area contributed by atoms with E-state index >= 15 is 0 Å². The molecular weight excluding hydrogens is 325 g/mol. The van der Waals surface area contributed by atoms with Crippen LogP contribution in [0.15, 0.2) is 55.1 Å². The van der Waals surface area contributed by atoms with Gasteiger partial charge in [-0.3, -0.25) is 14.5 Å². The molecule has 1 heterocycles. The van der Waals surface area contributed by atoms with Gasteiger partial charge in [0.2, 0.25) is 0 Å². The normalized spacial score (nSPS) is 12.9. The number of halogens is 1. The Morgan fingerprint density at radius 2 is 1.76 bits per heavy atom. The zero-order valence-corrected chi connectivity index (χ0v) is 13.2. The summed E-state index contributed by atoms with van der Waals surface area (Å²) in [5, 5.41) is 0. The topological polar surface area (TPSA) is 63.7 Å². The number of benzene rings is 2. The monoisotopic (exact) mass is 339 g/mol. The quantitative estimate of drug-likeness (QED) is 0.477. The van der Waals surface area contributed by atoms with Gasteiger partial charge in [-0.1, -0.05) is 18.2 Å². The van der Waals surface area contributed by atoms with Crippen LogP contribution in [0.2, 0.25) is 0 Å². The van der Waals surface area contributed by atoms with Crippen LogP contribution in [0, 0.1) is 5.82 Å². The summed E-state index contributed by atoms with van der Waals surface area (Å²) in [7, 11) is 0. The van der Waals surface area contributed by atoms with Crippen molar-refractivity contribution in [2.75, 3.05) is 6.54 Å². The van der Waals surface area contributed by atoms with Crippen molar-refractivity contribution < 1.29 is 23.5 Å². The SMILES string of the molecule is C=CCN1C(=O)c2ccc(C(=O)OCc3ccc(F)cc3)cc2C1=O. The van der Waals surface area contributed by atoms with Gasteiger partial charge < -0.3 is 4.74 Å². The lowest BCUT2D eigenvalue weighted by atomic mass is 10.1. The maximum atomic E-state index is 12.9. The first-order valence-electron chi connectivity index (χ1n) is 7.54. The molecule has 0 N–H and O–H groups in total. The highest BCUT2D eigenvalue weighted by molar-refractivity contribution is 6.22. The van der Waals surface area contributed by atoms with E-state index in [1.165, 1.54) is 48.5 Å². The Morgan fingerprint density at radius 1 is 1.08 bits per heavy atom. The van der Waals surface area contributed by atoms with Gasteiger partial charge in [0, 0.05) is 6.54 Å². The summed E-state index contributed by atoms with van der Waals surface area (Å²) in [4.78, 5) is 37.6. The Hall–Kier alpha value is -3.28. The fourth-order valence-electron chi connectivity index (χ4n) is 2.53. The van der Waals surface area contributed by atoms with Crippen molar-refractivity contribution in [3.05, 3.63) is 83.2 Å². The maximum absolute atomic E-state index is 12.9. The fraction of sp³-hybridized carbons (Fsp3) is 0.105. The van der Waals surface area contributed by atoms with E-state index in [1.807, 2.05) is 0 Å². The van der Waals surface area contributed by atoms with Gasteiger partial charge in [-0.25, -0.2) is 9.18 Å². The fourth-order valence-corrected chi connectivity index (χ4v) is 2.53. The van der Waals surface area contributed by atoms with Crippen LogP contribution in [0.3, 0.4) is 0 Å². The smallest absolute Gasteiger partial charge is 0.338 e. The van der Waals surface area contributed by atoms with E-state index in [-0.39, 0.29) is 35.7 Å². The number of carbonyl (C=O) groups is 3. The van der Waals surface area contributed by atoms with Gasteiger partial charge >= 0.3 is 5.97 Å². The van der Waals surface area contributed by atoms with E-state index in [2.05, 4.69) is 6.58 Å². The van der Waals surface area contributed by atoms with Gasteiger partial charge in [-0.15, -0.1) is 6.58 Å². The summed E-state index contributed by atoms with van der Waals surface area (Å²) < 4.78 is 18.0. The molecule has 1 aliphatic heterocycles. The van der Waals surface area contributed by atoms with E-state index in [1.54, 1.807) is 0 Å². The number of fused-ring (bicyclic) bond motifs is 1. The molecule has 2 aromatic rings. The molecule has 2 amide bonds. The highest BCUT2D eigenvalue weighted by Crippen LogP contribution is 2.24. The molecule has 0 radical (unpaired) electrons. The standard InChI is InChI=1S/C19H14FNO4/c1-2-9-21-17(22)15-8-5-13(10-16(15)18(21)23)19(24)25-11-12-3-6-14(20)7-4-12/h2-8,10H,1,9,11H2. The molecule has 3 rings (SSSR count).